The fourth-order valence-corrected chi connectivity index (χ4v) is 3.07. The highest BCUT2D eigenvalue weighted by atomic mass is 19.1. The largest absolute Gasteiger partial charge is 0.342 e. The topological polar surface area (TPSA) is 4.93 Å². The average Bonchev–Trinajstić information content (AvgIpc) is 3.08. The van der Waals surface area contributed by atoms with Crippen LogP contribution in [0.25, 0.3) is 22.4 Å². The molecule has 25 heavy (non-hydrogen) atoms. The summed E-state index contributed by atoms with van der Waals surface area (Å²) in [5.74, 6) is -0.215. The minimum atomic E-state index is -0.215. The van der Waals surface area contributed by atoms with E-state index < -0.39 is 0 Å². The van der Waals surface area contributed by atoms with Gasteiger partial charge in [0.2, 0.25) is 0 Å². The minimum absolute atomic E-state index is 0.215. The molecule has 0 atom stereocenters. The number of rotatable bonds is 4. The van der Waals surface area contributed by atoms with Gasteiger partial charge in [-0.1, -0.05) is 60.7 Å². The predicted molar refractivity (Wildman–Crippen MR) is 101 cm³/mol. The quantitative estimate of drug-likeness (QED) is 0.432. The highest BCUT2D eigenvalue weighted by Crippen LogP contribution is 2.29. The van der Waals surface area contributed by atoms with Gasteiger partial charge in [0, 0.05) is 18.4 Å². The van der Waals surface area contributed by atoms with E-state index >= 15 is 0 Å². The lowest BCUT2D eigenvalue weighted by Gasteiger charge is -2.09. The number of hydrogen-bond donors (Lipinski definition) is 0. The summed E-state index contributed by atoms with van der Waals surface area (Å²) in [6.45, 7) is 0.778. The van der Waals surface area contributed by atoms with E-state index in [4.69, 9.17) is 0 Å². The summed E-state index contributed by atoms with van der Waals surface area (Å²) in [6.07, 6.45) is 2.17. The van der Waals surface area contributed by atoms with Crippen molar-refractivity contribution < 1.29 is 4.39 Å². The normalized spacial score (nSPS) is 10.8. The second kappa shape index (κ2) is 6.78. The third-order valence-electron chi connectivity index (χ3n) is 4.34. The molecule has 0 fully saturated rings. The molecule has 3 aromatic carbocycles. The van der Waals surface area contributed by atoms with Gasteiger partial charge < -0.3 is 4.57 Å². The van der Waals surface area contributed by atoms with E-state index in [1.807, 2.05) is 36.4 Å². The van der Waals surface area contributed by atoms with Crippen LogP contribution in [0, 0.1) is 5.82 Å². The average molecular weight is 327 g/mol. The van der Waals surface area contributed by atoms with Gasteiger partial charge in [0.1, 0.15) is 5.82 Å². The van der Waals surface area contributed by atoms with Crippen molar-refractivity contribution in [3.63, 3.8) is 0 Å². The molecule has 4 aromatic rings. The minimum Gasteiger partial charge on any atom is -0.342 e. The van der Waals surface area contributed by atoms with Crippen LogP contribution in [0.2, 0.25) is 0 Å². The molecule has 0 spiro atoms. The predicted octanol–water partition coefficient (Wildman–Crippen LogP) is 6.01. The van der Waals surface area contributed by atoms with Crippen LogP contribution in [0.4, 0.5) is 4.39 Å². The van der Waals surface area contributed by atoms with Crippen LogP contribution in [0.5, 0.6) is 0 Å². The van der Waals surface area contributed by atoms with Crippen LogP contribution < -0.4 is 0 Å². The molecule has 1 heterocycles. The Morgan fingerprint density at radius 1 is 0.640 bits per heavy atom. The highest BCUT2D eigenvalue weighted by Gasteiger charge is 2.10. The van der Waals surface area contributed by atoms with Gasteiger partial charge in [-0.05, 0) is 52.6 Å². The van der Waals surface area contributed by atoms with Gasteiger partial charge in [0.25, 0.3) is 0 Å². The van der Waals surface area contributed by atoms with Crippen molar-refractivity contribution >= 4 is 0 Å². The first-order valence-electron chi connectivity index (χ1n) is 8.35. The number of nitrogens with zero attached hydrogens (tertiary/aromatic N) is 1. The van der Waals surface area contributed by atoms with Gasteiger partial charge in [-0.3, -0.25) is 0 Å². The smallest absolute Gasteiger partial charge is 0.123 e. The molecule has 0 aliphatic heterocycles. The Morgan fingerprint density at radius 3 is 1.96 bits per heavy atom. The lowest BCUT2D eigenvalue weighted by atomic mass is 10.1. The number of hydrogen-bond acceptors (Lipinski definition) is 0. The molecular weight excluding hydrogens is 309 g/mol. The monoisotopic (exact) mass is 327 g/mol. The van der Waals surface area contributed by atoms with Gasteiger partial charge in [0.05, 0.1) is 0 Å². The Morgan fingerprint density at radius 2 is 1.28 bits per heavy atom. The molecular formula is C23H18FN. The second-order valence-electron chi connectivity index (χ2n) is 6.10. The van der Waals surface area contributed by atoms with E-state index in [-0.39, 0.29) is 5.82 Å². The van der Waals surface area contributed by atoms with Gasteiger partial charge in [-0.2, -0.15) is 0 Å². The Labute approximate surface area is 147 Å². The molecule has 122 valence electrons. The van der Waals surface area contributed by atoms with Crippen molar-refractivity contribution in [2.45, 2.75) is 6.54 Å². The first-order chi connectivity index (χ1) is 12.3. The first-order valence-corrected chi connectivity index (χ1v) is 8.35. The molecule has 0 aliphatic rings. The van der Waals surface area contributed by atoms with Gasteiger partial charge >= 0.3 is 0 Å². The standard InChI is InChI=1S/C23H18FN/c24-22-13-11-20(12-14-22)23-15-21(19-9-5-2-6-10-19)17-25(23)16-18-7-3-1-4-8-18/h1-15,17H,16H2. The molecule has 0 aliphatic carbocycles. The van der Waals surface area contributed by atoms with Crippen molar-refractivity contribution in [2.24, 2.45) is 0 Å². The summed E-state index contributed by atoms with van der Waals surface area (Å²) < 4.78 is 15.5. The third-order valence-corrected chi connectivity index (χ3v) is 4.34. The Kier molecular flexibility index (Phi) is 4.17. The molecule has 0 saturated carbocycles. The van der Waals surface area contributed by atoms with E-state index in [1.54, 1.807) is 0 Å². The van der Waals surface area contributed by atoms with Crippen LogP contribution in [0.1, 0.15) is 5.56 Å². The summed E-state index contributed by atoms with van der Waals surface area (Å²) in [5, 5.41) is 0. The zero-order valence-corrected chi connectivity index (χ0v) is 13.8. The number of halogens is 1. The lowest BCUT2D eigenvalue weighted by molar-refractivity contribution is 0.628. The fourth-order valence-electron chi connectivity index (χ4n) is 3.07. The first kappa shape index (κ1) is 15.4. The van der Waals surface area contributed by atoms with E-state index in [2.05, 4.69) is 53.2 Å². The fraction of sp³-hybridized carbons (Fsp3) is 0.0435. The maximum absolute atomic E-state index is 13.3. The van der Waals surface area contributed by atoms with Crippen LogP contribution in [0.3, 0.4) is 0 Å². The van der Waals surface area contributed by atoms with Crippen molar-refractivity contribution in [2.75, 3.05) is 0 Å². The molecule has 0 bridgehead atoms. The maximum atomic E-state index is 13.3. The van der Waals surface area contributed by atoms with Gasteiger partial charge in [0.15, 0.2) is 0 Å². The Bertz CT molecular complexity index is 954. The lowest BCUT2D eigenvalue weighted by Crippen LogP contribution is -2.00. The van der Waals surface area contributed by atoms with Crippen molar-refractivity contribution in [1.82, 2.24) is 4.57 Å². The molecule has 0 unspecified atom stereocenters. The zero-order valence-electron chi connectivity index (χ0n) is 13.8. The van der Waals surface area contributed by atoms with Gasteiger partial charge in [-0.15, -0.1) is 0 Å². The molecule has 0 N–H and O–H groups in total. The molecule has 1 aromatic heterocycles. The van der Waals surface area contributed by atoms with E-state index in [0.29, 0.717) is 0 Å². The SMILES string of the molecule is Fc1ccc(-c2cc(-c3ccccc3)cn2Cc2ccccc2)cc1. The van der Waals surface area contributed by atoms with E-state index in [1.165, 1.54) is 23.3 Å². The second-order valence-corrected chi connectivity index (χ2v) is 6.10. The summed E-state index contributed by atoms with van der Waals surface area (Å²) in [4.78, 5) is 0. The summed E-state index contributed by atoms with van der Waals surface area (Å²) in [5.41, 5.74) is 5.68. The third kappa shape index (κ3) is 3.38. The van der Waals surface area contributed by atoms with Gasteiger partial charge in [-0.25, -0.2) is 4.39 Å². The van der Waals surface area contributed by atoms with Crippen molar-refractivity contribution in [1.29, 1.82) is 0 Å². The van der Waals surface area contributed by atoms with E-state index in [9.17, 15) is 4.39 Å². The molecule has 1 nitrogen and oxygen atoms in total. The Balaban J connectivity index is 1.80. The summed E-state index contributed by atoms with van der Waals surface area (Å²) in [6, 6.07) is 29.6. The molecule has 0 amide bonds. The summed E-state index contributed by atoms with van der Waals surface area (Å²) >= 11 is 0. The summed E-state index contributed by atoms with van der Waals surface area (Å²) in [7, 11) is 0. The molecule has 0 saturated heterocycles. The zero-order chi connectivity index (χ0) is 17.1. The van der Waals surface area contributed by atoms with Crippen LogP contribution in [0.15, 0.2) is 97.2 Å². The molecule has 4 rings (SSSR count). The molecule has 0 radical (unpaired) electrons. The number of aromatic nitrogens is 1. The number of benzene rings is 3. The van der Waals surface area contributed by atoms with E-state index in [0.717, 1.165) is 23.4 Å². The highest BCUT2D eigenvalue weighted by molar-refractivity contribution is 5.72. The molecule has 2 heteroatoms. The van der Waals surface area contributed by atoms with Crippen LogP contribution in [-0.4, -0.2) is 4.57 Å². The van der Waals surface area contributed by atoms with Crippen molar-refractivity contribution in [3.8, 4) is 22.4 Å². The van der Waals surface area contributed by atoms with Crippen LogP contribution >= 0.6 is 0 Å². The maximum Gasteiger partial charge on any atom is 0.123 e. The van der Waals surface area contributed by atoms with Crippen LogP contribution in [-0.2, 0) is 6.54 Å². The Hall–Kier alpha value is -3.13. The van der Waals surface area contributed by atoms with Crippen molar-refractivity contribution in [3.05, 3.63) is 109 Å².